The van der Waals surface area contributed by atoms with Crippen molar-refractivity contribution < 1.29 is 25.8 Å². The molecule has 0 saturated heterocycles. The zero-order valence-corrected chi connectivity index (χ0v) is 10.7. The van der Waals surface area contributed by atoms with Gasteiger partial charge in [0.15, 0.2) is 6.61 Å². The fourth-order valence-electron chi connectivity index (χ4n) is 1.23. The average Bonchev–Trinajstić information content (AvgIpc) is 2.26. The highest BCUT2D eigenvalue weighted by Crippen LogP contribution is 2.21. The minimum atomic E-state index is -4.68. The van der Waals surface area contributed by atoms with E-state index in [1.807, 2.05) is 13.8 Å². The molecule has 102 valence electrons. The van der Waals surface area contributed by atoms with E-state index >= 15 is 0 Å². The zero-order valence-electron chi connectivity index (χ0n) is 9.86. The molecule has 7 heteroatoms. The molecule has 0 bridgehead atoms. The second-order valence-electron chi connectivity index (χ2n) is 4.06. The number of rotatable bonds is 4. The summed E-state index contributed by atoms with van der Waals surface area (Å²) >= 11 is 0. The van der Waals surface area contributed by atoms with Crippen molar-refractivity contribution >= 4 is 10.1 Å². The Balaban J connectivity index is 2.86. The van der Waals surface area contributed by atoms with Crippen LogP contribution in [0.2, 0.25) is 0 Å². The van der Waals surface area contributed by atoms with Crippen molar-refractivity contribution in [3.63, 3.8) is 0 Å². The number of halogens is 3. The summed E-state index contributed by atoms with van der Waals surface area (Å²) in [7, 11) is -4.36. The summed E-state index contributed by atoms with van der Waals surface area (Å²) in [6, 6.07) is 5.57. The van der Waals surface area contributed by atoms with E-state index in [-0.39, 0.29) is 10.8 Å². The summed E-state index contributed by atoms with van der Waals surface area (Å²) in [5, 5.41) is 0. The van der Waals surface area contributed by atoms with Gasteiger partial charge in [0.1, 0.15) is 0 Å². The highest BCUT2D eigenvalue weighted by atomic mass is 32.2. The minimum absolute atomic E-state index is 0.206. The molecule has 0 aliphatic heterocycles. The van der Waals surface area contributed by atoms with Crippen LogP contribution in [0.3, 0.4) is 0 Å². The maximum atomic E-state index is 11.9. The van der Waals surface area contributed by atoms with E-state index in [9.17, 15) is 21.6 Å². The Bertz CT molecular complexity index is 489. The predicted octanol–water partition coefficient (Wildman–Crippen LogP) is 3.08. The Morgan fingerprint density at radius 2 is 1.67 bits per heavy atom. The van der Waals surface area contributed by atoms with Crippen LogP contribution < -0.4 is 0 Å². The summed E-state index contributed by atoms with van der Waals surface area (Å²) in [5.41, 5.74) is 0.893. The number of alkyl halides is 3. The fourth-order valence-corrected chi connectivity index (χ4v) is 2.13. The van der Waals surface area contributed by atoms with Crippen molar-refractivity contribution in [2.24, 2.45) is 0 Å². The zero-order chi connectivity index (χ0) is 14.0. The molecule has 0 amide bonds. The van der Waals surface area contributed by atoms with Crippen molar-refractivity contribution in [2.45, 2.75) is 30.8 Å². The van der Waals surface area contributed by atoms with Crippen molar-refractivity contribution in [3.8, 4) is 0 Å². The van der Waals surface area contributed by atoms with Crippen molar-refractivity contribution in [2.75, 3.05) is 6.61 Å². The van der Waals surface area contributed by atoms with Crippen LogP contribution >= 0.6 is 0 Å². The molecule has 1 aromatic rings. The third kappa shape index (κ3) is 4.30. The highest BCUT2D eigenvalue weighted by Gasteiger charge is 2.31. The molecule has 0 atom stereocenters. The van der Waals surface area contributed by atoms with E-state index in [0.717, 1.165) is 5.56 Å². The lowest BCUT2D eigenvalue weighted by Gasteiger charge is -2.09. The number of hydrogen-bond donors (Lipinski definition) is 0. The molecule has 0 spiro atoms. The average molecular weight is 282 g/mol. The Kier molecular flexibility index (Phi) is 4.39. The Morgan fingerprint density at radius 3 is 2.06 bits per heavy atom. The molecular weight excluding hydrogens is 269 g/mol. The van der Waals surface area contributed by atoms with Crippen molar-refractivity contribution in [3.05, 3.63) is 29.8 Å². The molecule has 0 aliphatic rings. The molecule has 1 rings (SSSR count). The highest BCUT2D eigenvalue weighted by molar-refractivity contribution is 7.86. The quantitative estimate of drug-likeness (QED) is 0.797. The molecule has 1 aromatic carbocycles. The van der Waals surface area contributed by atoms with Crippen LogP contribution in [0, 0.1) is 0 Å². The fraction of sp³-hybridized carbons (Fsp3) is 0.455. The van der Waals surface area contributed by atoms with Crippen LogP contribution in [-0.4, -0.2) is 21.2 Å². The first-order valence-electron chi connectivity index (χ1n) is 5.18. The van der Waals surface area contributed by atoms with Gasteiger partial charge >= 0.3 is 6.18 Å². The largest absolute Gasteiger partial charge is 0.413 e. The lowest BCUT2D eigenvalue weighted by atomic mass is 10.0. The van der Waals surface area contributed by atoms with Gasteiger partial charge in [-0.15, -0.1) is 0 Å². The van der Waals surface area contributed by atoms with Crippen molar-refractivity contribution in [1.29, 1.82) is 0 Å². The van der Waals surface area contributed by atoms with Crippen LogP contribution in [-0.2, 0) is 14.3 Å². The smallest absolute Gasteiger partial charge is 0.257 e. The maximum Gasteiger partial charge on any atom is 0.413 e. The second kappa shape index (κ2) is 5.27. The van der Waals surface area contributed by atoms with Gasteiger partial charge in [-0.25, -0.2) is 0 Å². The summed E-state index contributed by atoms with van der Waals surface area (Å²) in [5.74, 6) is 0.206. The molecular formula is C11H13F3O3S. The SMILES string of the molecule is CC(C)c1ccc(S(=O)(=O)OCC(F)(F)F)cc1. The van der Waals surface area contributed by atoms with Crippen LogP contribution in [0.1, 0.15) is 25.3 Å². The summed E-state index contributed by atoms with van der Waals surface area (Å²) in [6.45, 7) is 2.02. The summed E-state index contributed by atoms with van der Waals surface area (Å²) in [6.07, 6.45) is -4.68. The second-order valence-corrected chi connectivity index (χ2v) is 5.67. The van der Waals surface area contributed by atoms with Gasteiger partial charge in [0, 0.05) is 0 Å². The van der Waals surface area contributed by atoms with Crippen LogP contribution in [0.4, 0.5) is 13.2 Å². The normalized spacial score (nSPS) is 13.0. The molecule has 0 fully saturated rings. The van der Waals surface area contributed by atoms with Crippen LogP contribution in [0.25, 0.3) is 0 Å². The third-order valence-corrected chi connectivity index (χ3v) is 3.49. The van der Waals surface area contributed by atoms with E-state index in [4.69, 9.17) is 0 Å². The first kappa shape index (κ1) is 15.0. The molecule has 0 aromatic heterocycles. The first-order chi connectivity index (χ1) is 8.12. The van der Waals surface area contributed by atoms with Gasteiger partial charge in [-0.1, -0.05) is 26.0 Å². The molecule has 0 unspecified atom stereocenters. The summed E-state index contributed by atoms with van der Waals surface area (Å²) in [4.78, 5) is -0.281. The standard InChI is InChI=1S/C11H13F3O3S/c1-8(2)9-3-5-10(6-4-9)18(15,16)17-7-11(12,13)14/h3-6,8H,7H2,1-2H3. The van der Waals surface area contributed by atoms with E-state index in [1.165, 1.54) is 12.1 Å². The molecule has 0 saturated carbocycles. The van der Waals surface area contributed by atoms with Gasteiger partial charge in [-0.3, -0.25) is 4.18 Å². The van der Waals surface area contributed by atoms with Crippen molar-refractivity contribution in [1.82, 2.24) is 0 Å². The van der Waals surface area contributed by atoms with E-state index < -0.39 is 22.9 Å². The topological polar surface area (TPSA) is 43.4 Å². The number of benzene rings is 1. The molecule has 0 aliphatic carbocycles. The van der Waals surface area contributed by atoms with Gasteiger partial charge in [0.05, 0.1) is 4.90 Å². The first-order valence-corrected chi connectivity index (χ1v) is 6.59. The minimum Gasteiger partial charge on any atom is -0.257 e. The van der Waals surface area contributed by atoms with Crippen LogP contribution in [0.15, 0.2) is 29.2 Å². The summed E-state index contributed by atoms with van der Waals surface area (Å²) < 4.78 is 62.4. The molecule has 0 N–H and O–H groups in total. The lowest BCUT2D eigenvalue weighted by molar-refractivity contribution is -0.152. The number of hydrogen-bond acceptors (Lipinski definition) is 3. The van der Waals surface area contributed by atoms with Crippen LogP contribution in [0.5, 0.6) is 0 Å². The molecule has 0 radical (unpaired) electrons. The van der Waals surface area contributed by atoms with Gasteiger partial charge in [0.2, 0.25) is 0 Å². The molecule has 3 nitrogen and oxygen atoms in total. The Hall–Kier alpha value is -1.08. The lowest BCUT2D eigenvalue weighted by Crippen LogP contribution is -2.20. The van der Waals surface area contributed by atoms with E-state index in [1.54, 1.807) is 12.1 Å². The van der Waals surface area contributed by atoms with Gasteiger partial charge in [-0.2, -0.15) is 21.6 Å². The Morgan fingerprint density at radius 1 is 1.17 bits per heavy atom. The van der Waals surface area contributed by atoms with Gasteiger partial charge < -0.3 is 0 Å². The third-order valence-electron chi connectivity index (χ3n) is 2.21. The van der Waals surface area contributed by atoms with Gasteiger partial charge in [-0.05, 0) is 23.6 Å². The Labute approximate surface area is 104 Å². The molecule has 18 heavy (non-hydrogen) atoms. The molecule has 0 heterocycles. The van der Waals surface area contributed by atoms with E-state index in [2.05, 4.69) is 4.18 Å². The predicted molar refractivity (Wildman–Crippen MR) is 59.7 cm³/mol. The van der Waals surface area contributed by atoms with E-state index in [0.29, 0.717) is 0 Å². The van der Waals surface area contributed by atoms with Gasteiger partial charge in [0.25, 0.3) is 10.1 Å². The maximum absolute atomic E-state index is 11.9. The monoisotopic (exact) mass is 282 g/mol.